The Hall–Kier alpha value is -4.39. The number of carbonyl (C=O) groups excluding carboxylic acids is 2. The van der Waals surface area contributed by atoms with E-state index in [1.165, 1.54) is 17.6 Å². The summed E-state index contributed by atoms with van der Waals surface area (Å²) in [6.07, 6.45) is 1.68. The van der Waals surface area contributed by atoms with Crippen molar-refractivity contribution in [1.29, 1.82) is 0 Å². The predicted octanol–water partition coefficient (Wildman–Crippen LogP) is 4.85. The third-order valence-electron chi connectivity index (χ3n) is 5.71. The number of hydrogen-bond acceptors (Lipinski definition) is 4. The molecule has 2 amide bonds. The average molecular weight is 470 g/mol. The molecule has 0 radical (unpaired) electrons. The Labute approximate surface area is 203 Å². The van der Waals surface area contributed by atoms with Crippen LogP contribution in [0.4, 0.5) is 5.69 Å². The highest BCUT2D eigenvalue weighted by atomic mass is 16.4. The molecule has 1 atom stereocenters. The zero-order valence-corrected chi connectivity index (χ0v) is 19.7. The van der Waals surface area contributed by atoms with Gasteiger partial charge in [-0.15, -0.1) is 0 Å². The van der Waals surface area contributed by atoms with Gasteiger partial charge in [0, 0.05) is 31.4 Å². The summed E-state index contributed by atoms with van der Waals surface area (Å²) in [4.78, 5) is 38.9. The summed E-state index contributed by atoms with van der Waals surface area (Å²) >= 11 is 0. The molecule has 7 nitrogen and oxygen atoms in total. The molecular weight excluding hydrogens is 442 g/mol. The predicted molar refractivity (Wildman–Crippen MR) is 134 cm³/mol. The van der Waals surface area contributed by atoms with Crippen LogP contribution >= 0.6 is 0 Å². The molecule has 0 fully saturated rings. The lowest BCUT2D eigenvalue weighted by Crippen LogP contribution is -2.33. The first-order valence-electron chi connectivity index (χ1n) is 11.4. The molecule has 2 heterocycles. The van der Waals surface area contributed by atoms with Gasteiger partial charge in [0.2, 0.25) is 5.91 Å². The number of aromatic nitrogens is 1. The number of rotatable bonds is 8. The summed E-state index contributed by atoms with van der Waals surface area (Å²) < 4.78 is 7.40. The summed E-state index contributed by atoms with van der Waals surface area (Å²) in [5.74, 6) is 0.289. The van der Waals surface area contributed by atoms with Crippen LogP contribution in [-0.4, -0.2) is 21.3 Å². The lowest BCUT2D eigenvalue weighted by atomic mass is 10.0. The van der Waals surface area contributed by atoms with Crippen molar-refractivity contribution >= 4 is 17.5 Å². The summed E-state index contributed by atoms with van der Waals surface area (Å²) in [5, 5.41) is 2.79. The average Bonchev–Trinajstić information content (AvgIpc) is 3.32. The minimum atomic E-state index is -0.304. The van der Waals surface area contributed by atoms with Crippen LogP contribution in [0.15, 0.2) is 100 Å². The summed E-state index contributed by atoms with van der Waals surface area (Å²) in [6, 6.07) is 25.2. The van der Waals surface area contributed by atoms with Crippen molar-refractivity contribution in [3.8, 4) is 0 Å². The number of furan rings is 1. The van der Waals surface area contributed by atoms with Crippen LogP contribution < -0.4 is 10.9 Å². The highest BCUT2D eigenvalue weighted by molar-refractivity contribution is 5.92. The van der Waals surface area contributed by atoms with E-state index in [1.807, 2.05) is 61.5 Å². The standard InChI is InChI=1S/C28H27N3O4/c1-20(23-11-8-12-24(17-23)29-21(2)32)31(18-22-9-4-3-5-10-22)28(34)26-15-14-25(35-26)19-30-16-7-6-13-27(30)33/h3-17,20H,18-19H2,1-2H3,(H,29,32). The van der Waals surface area contributed by atoms with Crippen LogP contribution in [0, 0.1) is 0 Å². The Morgan fingerprint density at radius 3 is 2.49 bits per heavy atom. The zero-order chi connectivity index (χ0) is 24.8. The Kier molecular flexibility index (Phi) is 7.26. The minimum absolute atomic E-state index is 0.143. The fraction of sp³-hybridized carbons (Fsp3) is 0.179. The van der Waals surface area contributed by atoms with Crippen LogP contribution in [0.3, 0.4) is 0 Å². The fourth-order valence-electron chi connectivity index (χ4n) is 3.90. The Bertz CT molecular complexity index is 1370. The van der Waals surface area contributed by atoms with Gasteiger partial charge in [-0.25, -0.2) is 0 Å². The minimum Gasteiger partial charge on any atom is -0.454 e. The highest BCUT2D eigenvalue weighted by Crippen LogP contribution is 2.27. The van der Waals surface area contributed by atoms with Gasteiger partial charge in [-0.1, -0.05) is 48.5 Å². The number of anilines is 1. The molecule has 7 heteroatoms. The van der Waals surface area contributed by atoms with E-state index < -0.39 is 0 Å². The van der Waals surface area contributed by atoms with Gasteiger partial charge in [0.1, 0.15) is 5.76 Å². The van der Waals surface area contributed by atoms with E-state index in [-0.39, 0.29) is 35.7 Å². The molecule has 2 aromatic carbocycles. The molecule has 178 valence electrons. The quantitative estimate of drug-likeness (QED) is 0.400. The number of benzene rings is 2. The molecule has 0 aliphatic rings. The second-order valence-electron chi connectivity index (χ2n) is 8.33. The molecule has 0 bridgehead atoms. The van der Waals surface area contributed by atoms with Crippen molar-refractivity contribution in [2.24, 2.45) is 0 Å². The van der Waals surface area contributed by atoms with Gasteiger partial charge in [0.25, 0.3) is 11.5 Å². The van der Waals surface area contributed by atoms with E-state index in [4.69, 9.17) is 4.42 Å². The second-order valence-corrected chi connectivity index (χ2v) is 8.33. The first kappa shape index (κ1) is 23.8. The van der Waals surface area contributed by atoms with Crippen LogP contribution in [-0.2, 0) is 17.9 Å². The molecule has 0 saturated heterocycles. The number of amides is 2. The van der Waals surface area contributed by atoms with Crippen molar-refractivity contribution in [3.63, 3.8) is 0 Å². The molecule has 1 unspecified atom stereocenters. The molecule has 0 spiro atoms. The molecule has 2 aromatic heterocycles. The molecular formula is C28H27N3O4. The maximum Gasteiger partial charge on any atom is 0.290 e. The van der Waals surface area contributed by atoms with Gasteiger partial charge in [-0.2, -0.15) is 0 Å². The summed E-state index contributed by atoms with van der Waals surface area (Å²) in [7, 11) is 0. The fourth-order valence-corrected chi connectivity index (χ4v) is 3.90. The van der Waals surface area contributed by atoms with Gasteiger partial charge in [-0.05, 0) is 48.4 Å². The topological polar surface area (TPSA) is 84.5 Å². The highest BCUT2D eigenvalue weighted by Gasteiger charge is 2.26. The van der Waals surface area contributed by atoms with E-state index in [0.29, 0.717) is 18.0 Å². The molecule has 4 rings (SSSR count). The molecule has 0 aliphatic heterocycles. The van der Waals surface area contributed by atoms with Gasteiger partial charge < -0.3 is 19.2 Å². The van der Waals surface area contributed by atoms with Gasteiger partial charge >= 0.3 is 0 Å². The largest absolute Gasteiger partial charge is 0.454 e. The van der Waals surface area contributed by atoms with Gasteiger partial charge in [-0.3, -0.25) is 14.4 Å². The smallest absolute Gasteiger partial charge is 0.290 e. The maximum atomic E-state index is 13.7. The lowest BCUT2D eigenvalue weighted by Gasteiger charge is -2.29. The van der Waals surface area contributed by atoms with Crippen molar-refractivity contribution in [1.82, 2.24) is 9.47 Å². The maximum absolute atomic E-state index is 13.7. The first-order chi connectivity index (χ1) is 16.9. The number of nitrogens with zero attached hydrogens (tertiary/aromatic N) is 2. The molecule has 1 N–H and O–H groups in total. The third kappa shape index (κ3) is 5.95. The number of nitrogens with one attached hydrogen (secondary N) is 1. The number of pyridine rings is 1. The van der Waals surface area contributed by atoms with Gasteiger partial charge in [0.05, 0.1) is 12.6 Å². The Morgan fingerprint density at radius 2 is 1.74 bits per heavy atom. The Morgan fingerprint density at radius 1 is 0.971 bits per heavy atom. The van der Waals surface area contributed by atoms with Crippen molar-refractivity contribution < 1.29 is 14.0 Å². The molecule has 4 aromatic rings. The van der Waals surface area contributed by atoms with E-state index in [2.05, 4.69) is 5.32 Å². The van der Waals surface area contributed by atoms with E-state index >= 15 is 0 Å². The number of carbonyl (C=O) groups is 2. The van der Waals surface area contributed by atoms with Crippen LogP contribution in [0.5, 0.6) is 0 Å². The second kappa shape index (κ2) is 10.7. The molecule has 0 saturated carbocycles. The van der Waals surface area contributed by atoms with Gasteiger partial charge in [0.15, 0.2) is 5.76 Å². The van der Waals surface area contributed by atoms with Crippen molar-refractivity contribution in [2.45, 2.75) is 33.0 Å². The first-order valence-corrected chi connectivity index (χ1v) is 11.4. The van der Waals surface area contributed by atoms with Crippen LogP contribution in [0.25, 0.3) is 0 Å². The normalized spacial score (nSPS) is 11.6. The zero-order valence-electron chi connectivity index (χ0n) is 19.7. The van der Waals surface area contributed by atoms with E-state index in [1.54, 1.807) is 35.4 Å². The SMILES string of the molecule is CC(=O)Nc1cccc(C(C)N(Cc2ccccc2)C(=O)c2ccc(Cn3ccccc3=O)o2)c1. The van der Waals surface area contributed by atoms with E-state index in [0.717, 1.165) is 11.1 Å². The third-order valence-corrected chi connectivity index (χ3v) is 5.71. The number of hydrogen-bond donors (Lipinski definition) is 1. The van der Waals surface area contributed by atoms with Crippen LogP contribution in [0.1, 0.15) is 47.3 Å². The Balaban J connectivity index is 1.62. The monoisotopic (exact) mass is 469 g/mol. The lowest BCUT2D eigenvalue weighted by molar-refractivity contribution is -0.114. The van der Waals surface area contributed by atoms with Crippen molar-refractivity contribution in [3.05, 3.63) is 124 Å². The molecule has 0 aliphatic carbocycles. The van der Waals surface area contributed by atoms with E-state index in [9.17, 15) is 14.4 Å². The molecule has 35 heavy (non-hydrogen) atoms. The summed E-state index contributed by atoms with van der Waals surface area (Å²) in [5.41, 5.74) is 2.38. The van der Waals surface area contributed by atoms with Crippen molar-refractivity contribution in [2.75, 3.05) is 5.32 Å². The summed E-state index contributed by atoms with van der Waals surface area (Å²) in [6.45, 7) is 4.01. The van der Waals surface area contributed by atoms with Crippen LogP contribution in [0.2, 0.25) is 0 Å².